The smallest absolute Gasteiger partial charge is 0.308 e. The maximum Gasteiger partial charge on any atom is 0.308 e. The molecule has 0 aliphatic rings. The van der Waals surface area contributed by atoms with Gasteiger partial charge in [0, 0.05) is 11.9 Å². The van der Waals surface area contributed by atoms with Crippen molar-refractivity contribution in [1.29, 1.82) is 0 Å². The molecule has 9 heteroatoms. The quantitative estimate of drug-likeness (QED) is 0.315. The van der Waals surface area contributed by atoms with Gasteiger partial charge in [0.15, 0.2) is 17.6 Å². The molecule has 148 valence electrons. The molecule has 2 aromatic carbocycles. The van der Waals surface area contributed by atoms with Crippen LogP contribution < -0.4 is 19.6 Å². The van der Waals surface area contributed by atoms with E-state index in [9.17, 15) is 9.59 Å². The summed E-state index contributed by atoms with van der Waals surface area (Å²) >= 11 is 11.8. The second kappa shape index (κ2) is 9.96. The molecule has 7 nitrogen and oxygen atoms in total. The molecule has 1 amide bonds. The van der Waals surface area contributed by atoms with Crippen LogP contribution in [0.15, 0.2) is 41.5 Å². The summed E-state index contributed by atoms with van der Waals surface area (Å²) in [5.41, 5.74) is 3.00. The van der Waals surface area contributed by atoms with Gasteiger partial charge in [-0.1, -0.05) is 23.2 Å². The van der Waals surface area contributed by atoms with E-state index in [0.717, 1.165) is 0 Å². The Kier molecular flexibility index (Phi) is 7.66. The molecule has 0 saturated carbocycles. The first kappa shape index (κ1) is 21.5. The lowest BCUT2D eigenvalue weighted by molar-refractivity contribution is -0.132. The highest BCUT2D eigenvalue weighted by Crippen LogP contribution is 2.29. The van der Waals surface area contributed by atoms with Crippen molar-refractivity contribution >= 4 is 41.3 Å². The Morgan fingerprint density at radius 3 is 2.46 bits per heavy atom. The maximum absolute atomic E-state index is 12.1. The van der Waals surface area contributed by atoms with Gasteiger partial charge in [0.1, 0.15) is 5.75 Å². The van der Waals surface area contributed by atoms with Crippen LogP contribution in [0.1, 0.15) is 19.4 Å². The number of hydrogen-bond donors (Lipinski definition) is 1. The molecule has 28 heavy (non-hydrogen) atoms. The van der Waals surface area contributed by atoms with Crippen molar-refractivity contribution < 1.29 is 23.8 Å². The molecule has 1 N–H and O–H groups in total. The average Bonchev–Trinajstić information content (AvgIpc) is 2.64. The van der Waals surface area contributed by atoms with Gasteiger partial charge in [-0.05, 0) is 48.9 Å². The van der Waals surface area contributed by atoms with Gasteiger partial charge >= 0.3 is 5.97 Å². The highest BCUT2D eigenvalue weighted by molar-refractivity contribution is 6.35. The van der Waals surface area contributed by atoms with E-state index in [4.69, 9.17) is 37.4 Å². The van der Waals surface area contributed by atoms with Gasteiger partial charge < -0.3 is 14.2 Å². The molecule has 2 rings (SSSR count). The Morgan fingerprint density at radius 1 is 1.11 bits per heavy atom. The van der Waals surface area contributed by atoms with Crippen LogP contribution in [0.5, 0.6) is 17.2 Å². The van der Waals surface area contributed by atoms with Crippen molar-refractivity contribution in [2.45, 2.75) is 20.0 Å². The monoisotopic (exact) mass is 424 g/mol. The molecular formula is C19H18Cl2N2O5. The first-order valence-electron chi connectivity index (χ1n) is 8.11. The fourth-order valence-corrected chi connectivity index (χ4v) is 2.53. The van der Waals surface area contributed by atoms with Crippen LogP contribution in [0.4, 0.5) is 0 Å². The molecule has 0 radical (unpaired) electrons. The number of benzene rings is 2. The third-order valence-electron chi connectivity index (χ3n) is 3.40. The first-order chi connectivity index (χ1) is 13.3. The second-order valence-corrected chi connectivity index (χ2v) is 6.42. The molecule has 0 heterocycles. The molecule has 0 bridgehead atoms. The van der Waals surface area contributed by atoms with Crippen LogP contribution in [0.2, 0.25) is 10.0 Å². The second-order valence-electron chi connectivity index (χ2n) is 5.57. The van der Waals surface area contributed by atoms with E-state index in [2.05, 4.69) is 10.5 Å². The minimum atomic E-state index is -0.836. The molecule has 0 fully saturated rings. The van der Waals surface area contributed by atoms with E-state index >= 15 is 0 Å². The summed E-state index contributed by atoms with van der Waals surface area (Å²) in [4.78, 5) is 23.2. The highest BCUT2D eigenvalue weighted by Gasteiger charge is 2.15. The molecule has 0 saturated heterocycles. The molecule has 0 spiro atoms. The zero-order chi connectivity index (χ0) is 20.7. The van der Waals surface area contributed by atoms with Crippen molar-refractivity contribution in [3.05, 3.63) is 52.0 Å². The van der Waals surface area contributed by atoms with Gasteiger partial charge in [0.05, 0.1) is 18.3 Å². The molecule has 1 atom stereocenters. The third-order valence-corrected chi connectivity index (χ3v) is 3.93. The minimum absolute atomic E-state index is 0.290. The zero-order valence-electron chi connectivity index (χ0n) is 15.4. The molecule has 0 unspecified atom stereocenters. The Labute approximate surface area is 172 Å². The van der Waals surface area contributed by atoms with Crippen LogP contribution in [0.25, 0.3) is 0 Å². The fraction of sp³-hybridized carbons (Fsp3) is 0.211. The van der Waals surface area contributed by atoms with E-state index in [1.54, 1.807) is 37.3 Å². The maximum atomic E-state index is 12.1. The van der Waals surface area contributed by atoms with Crippen LogP contribution in [0, 0.1) is 0 Å². The minimum Gasteiger partial charge on any atom is -0.493 e. The van der Waals surface area contributed by atoms with Crippen molar-refractivity contribution in [2.75, 3.05) is 7.11 Å². The molecule has 0 aromatic heterocycles. The van der Waals surface area contributed by atoms with Gasteiger partial charge in [0.2, 0.25) is 0 Å². The topological polar surface area (TPSA) is 86.2 Å². The van der Waals surface area contributed by atoms with Gasteiger partial charge in [-0.2, -0.15) is 5.10 Å². The number of carbonyl (C=O) groups excluding carboxylic acids is 2. The van der Waals surface area contributed by atoms with Crippen LogP contribution in [-0.2, 0) is 9.59 Å². The van der Waals surface area contributed by atoms with E-state index in [1.165, 1.54) is 26.3 Å². The summed E-state index contributed by atoms with van der Waals surface area (Å²) in [5, 5.41) is 4.65. The normalized spacial score (nSPS) is 11.8. The average molecular weight is 425 g/mol. The number of halogens is 2. The Balaban J connectivity index is 1.97. The van der Waals surface area contributed by atoms with Gasteiger partial charge in [-0.15, -0.1) is 0 Å². The van der Waals surface area contributed by atoms with E-state index < -0.39 is 18.0 Å². The number of amides is 1. The number of carbonyl (C=O) groups is 2. The third kappa shape index (κ3) is 6.14. The number of methoxy groups -OCH3 is 1. The van der Waals surface area contributed by atoms with Gasteiger partial charge in [-0.25, -0.2) is 5.43 Å². The standard InChI is InChI=1S/C19H18Cl2N2O5/c1-11(27-16-7-5-14(20)9-15(16)21)19(25)23-22-10-13-4-6-17(28-12(2)24)18(8-13)26-3/h4-11H,1-3H3,(H,23,25)/b22-10-/t11-/m0/s1. The summed E-state index contributed by atoms with van der Waals surface area (Å²) < 4.78 is 15.7. The van der Waals surface area contributed by atoms with E-state index in [-0.39, 0.29) is 5.75 Å². The number of ether oxygens (including phenoxy) is 3. The predicted molar refractivity (Wildman–Crippen MR) is 107 cm³/mol. The largest absolute Gasteiger partial charge is 0.493 e. The van der Waals surface area contributed by atoms with Crippen LogP contribution >= 0.6 is 23.2 Å². The molecule has 2 aromatic rings. The SMILES string of the molecule is COc1cc(/C=N\NC(=O)[C@H](C)Oc2ccc(Cl)cc2Cl)ccc1OC(C)=O. The number of hydrazone groups is 1. The van der Waals surface area contributed by atoms with Crippen molar-refractivity contribution in [3.8, 4) is 17.2 Å². The van der Waals surface area contributed by atoms with Crippen molar-refractivity contribution in [2.24, 2.45) is 5.10 Å². The predicted octanol–water partition coefficient (Wildman–Crippen LogP) is 3.84. The van der Waals surface area contributed by atoms with Crippen molar-refractivity contribution in [3.63, 3.8) is 0 Å². The molecular weight excluding hydrogens is 407 g/mol. The Hall–Kier alpha value is -2.77. The summed E-state index contributed by atoms with van der Waals surface area (Å²) in [6.45, 7) is 2.86. The van der Waals surface area contributed by atoms with Crippen LogP contribution in [0.3, 0.4) is 0 Å². The van der Waals surface area contributed by atoms with Gasteiger partial charge in [-0.3, -0.25) is 9.59 Å². The lowest BCUT2D eigenvalue weighted by Crippen LogP contribution is -2.33. The fourth-order valence-electron chi connectivity index (χ4n) is 2.08. The zero-order valence-corrected chi connectivity index (χ0v) is 16.9. The van der Waals surface area contributed by atoms with E-state index in [0.29, 0.717) is 27.1 Å². The highest BCUT2D eigenvalue weighted by atomic mass is 35.5. The summed E-state index contributed by atoms with van der Waals surface area (Å²) in [7, 11) is 1.45. The summed E-state index contributed by atoms with van der Waals surface area (Å²) in [6.07, 6.45) is 0.580. The van der Waals surface area contributed by atoms with Crippen LogP contribution in [-0.4, -0.2) is 31.3 Å². The Morgan fingerprint density at radius 2 is 1.82 bits per heavy atom. The number of rotatable bonds is 7. The first-order valence-corrected chi connectivity index (χ1v) is 8.87. The van der Waals surface area contributed by atoms with Crippen molar-refractivity contribution in [1.82, 2.24) is 5.43 Å². The number of nitrogens with one attached hydrogen (secondary N) is 1. The number of nitrogens with zero attached hydrogens (tertiary/aromatic N) is 1. The summed E-state index contributed by atoms with van der Waals surface area (Å²) in [6, 6.07) is 9.55. The summed E-state index contributed by atoms with van der Waals surface area (Å²) in [5.74, 6) is 0.0635. The molecule has 0 aliphatic carbocycles. The Bertz CT molecular complexity index is 902. The van der Waals surface area contributed by atoms with Gasteiger partial charge in [0.25, 0.3) is 5.91 Å². The number of esters is 1. The lowest BCUT2D eigenvalue weighted by atomic mass is 10.2. The lowest BCUT2D eigenvalue weighted by Gasteiger charge is -2.14. The number of hydrogen-bond acceptors (Lipinski definition) is 6. The van der Waals surface area contributed by atoms with E-state index in [1.807, 2.05) is 0 Å². The molecule has 0 aliphatic heterocycles.